The van der Waals surface area contributed by atoms with Crippen LogP contribution in [0.2, 0.25) is 0 Å². The number of nitrogens with zero attached hydrogens (tertiary/aromatic N) is 1. The highest BCUT2D eigenvalue weighted by atomic mass is 127. The molecule has 1 N–H and O–H groups in total. The fraction of sp³-hybridized carbons (Fsp3) is 0.140. The number of anilines is 5. The van der Waals surface area contributed by atoms with Crippen LogP contribution in [0, 0.1) is 17.4 Å². The van der Waals surface area contributed by atoms with E-state index in [1.807, 2.05) is 0 Å². The van der Waals surface area contributed by atoms with Crippen molar-refractivity contribution in [3.8, 4) is 22.3 Å². The fourth-order valence-electron chi connectivity index (χ4n) is 20.3. The quantitative estimate of drug-likeness (QED) is 0.0934. The molecule has 1 saturated heterocycles. The molecule has 0 spiro atoms. The van der Waals surface area contributed by atoms with Gasteiger partial charge in [-0.05, 0) is 377 Å². The van der Waals surface area contributed by atoms with Gasteiger partial charge < -0.3 is 19.5 Å². The molecule has 1 heterocycles. The van der Waals surface area contributed by atoms with Crippen LogP contribution >= 0.6 is 54.5 Å². The van der Waals surface area contributed by atoms with Crippen LogP contribution in [0.1, 0.15) is 114 Å². The maximum absolute atomic E-state index is 6.32. The lowest BCUT2D eigenvalue weighted by Crippen LogP contribution is -2.41. The summed E-state index contributed by atoms with van der Waals surface area (Å²) in [6, 6.07) is 135. The summed E-state index contributed by atoms with van der Waals surface area (Å²) in [5, 5.41) is 32.5. The Morgan fingerprint density at radius 3 is 1.07 bits per heavy atom. The van der Waals surface area contributed by atoms with Gasteiger partial charge in [0.05, 0.1) is 11.2 Å². The number of rotatable bonds is 8. The van der Waals surface area contributed by atoms with Gasteiger partial charge in [-0.2, -0.15) is 0 Å². The van der Waals surface area contributed by atoms with Gasteiger partial charge in [-0.25, -0.2) is 0 Å². The van der Waals surface area contributed by atoms with E-state index in [1.54, 1.807) is 0 Å². The molecule has 21 aromatic carbocycles. The van der Waals surface area contributed by atoms with E-state index in [0.29, 0.717) is 0 Å². The van der Waals surface area contributed by atoms with Crippen LogP contribution in [0.3, 0.4) is 0 Å². The average molecular weight is 1910 g/mol. The van der Waals surface area contributed by atoms with E-state index < -0.39 is 0 Å². The van der Waals surface area contributed by atoms with Crippen molar-refractivity contribution in [2.24, 2.45) is 0 Å². The number of fused-ring (bicyclic) bond motifs is 5. The Morgan fingerprint density at radius 1 is 0.256 bits per heavy atom. The Morgan fingerprint density at radius 2 is 0.581 bits per heavy atom. The maximum Gasteiger partial charge on any atom is 0.494 e. The molecule has 25 rings (SSSR count). The van der Waals surface area contributed by atoms with Gasteiger partial charge in [0.2, 0.25) is 0 Å². The van der Waals surface area contributed by atoms with Crippen molar-refractivity contribution in [2.75, 3.05) is 10.2 Å². The molecule has 628 valence electrons. The van der Waals surface area contributed by atoms with E-state index in [2.05, 4.69) is 518 Å². The largest absolute Gasteiger partial charge is 0.494 e. The molecule has 0 bridgehead atoms. The second kappa shape index (κ2) is 32.4. The minimum absolute atomic E-state index is 0.0128. The Balaban J connectivity index is 0.000000104. The van der Waals surface area contributed by atoms with Crippen molar-refractivity contribution >= 4 is 214 Å². The van der Waals surface area contributed by atoms with Crippen molar-refractivity contribution in [2.45, 2.75) is 111 Å². The summed E-state index contributed by atoms with van der Waals surface area (Å²) >= 11 is 9.35. The number of benzene rings is 21. The highest BCUT2D eigenvalue weighted by Crippen LogP contribution is 2.54. The number of nitrogens with one attached hydrogen (secondary N) is 1. The summed E-state index contributed by atoms with van der Waals surface area (Å²) in [6.07, 6.45) is 0. The standard InChI is InChI=1S/C44H33N.C27H19Br.C23H25BO2.C17H15N.C10H6BrI/c1-28-11-19-37(20-12-28)45(38-21-17-29-7-4-5-8-31(29)25-38)39-22-18-32-23-33(14-15-34(32)26-39)36-24-35-16-13-30-9-6-10-40-42(30)43(35)41(27-36)44(40,2)3;1-27(2)23-5-3-4-16-6-9-20-13-21(15-24(27)26(20)25(16)23)18-7-8-19-14-22(28)11-10-17(19)12-18;1-21(2)17-9-7-8-14-10-11-15-12-16(13-18(21)20(15)19(14)17)24-25-22(3,4)23(5,6)26-24;1-13-6-9-16(10-7-13)18-17-11-8-14-4-2-3-5-15(14)12-17;11-9-3-1-8-6-10(12)4-2-7(8)5-9/h4-27H,1-3H3;3-15H,1-2H3;7-13H,1-6H3;2-12,18H,1H3;1-6H. The van der Waals surface area contributed by atoms with E-state index in [-0.39, 0.29) is 34.6 Å². The first kappa shape index (κ1) is 83.7. The van der Waals surface area contributed by atoms with E-state index in [0.717, 1.165) is 42.8 Å². The summed E-state index contributed by atoms with van der Waals surface area (Å²) in [7, 11) is -0.323. The molecule has 0 radical (unpaired) electrons. The predicted molar refractivity (Wildman–Crippen MR) is 570 cm³/mol. The summed E-state index contributed by atoms with van der Waals surface area (Å²) in [4.78, 5) is 2.37. The topological polar surface area (TPSA) is 33.7 Å². The Bertz CT molecular complexity index is 8100. The van der Waals surface area contributed by atoms with E-state index in [9.17, 15) is 0 Å². The van der Waals surface area contributed by atoms with E-state index in [4.69, 9.17) is 9.31 Å². The molecule has 3 aliphatic carbocycles. The molecule has 4 aliphatic rings. The third kappa shape index (κ3) is 15.2. The van der Waals surface area contributed by atoms with E-state index in [1.165, 1.54) is 189 Å². The SMILES string of the molecule is Brc1ccc2cc(I)ccc2c1.CC1(C)c2cccc3ccc4cc(-c5ccc6cc(Br)ccc6c5)cc1c4c23.CC1(C)c2cccc3ccc4cc(B5OC(C)(C)C(C)(C)O5)cc1c4c23.Cc1ccc(N(c2ccc3ccccc3c2)c2ccc3cc(-c4cc5c6c(ccc7cccc(c76)C5(C)C)c4)ccc3c2)cc1.Cc1ccc(Nc2ccc3ccccc3c2)cc1. The highest BCUT2D eigenvalue weighted by molar-refractivity contribution is 14.1. The molecule has 21 aromatic rings. The molecule has 0 atom stereocenters. The monoisotopic (exact) mass is 1910 g/mol. The summed E-state index contributed by atoms with van der Waals surface area (Å²) in [5.74, 6) is 0. The third-order valence-electron chi connectivity index (χ3n) is 28.2. The lowest BCUT2D eigenvalue weighted by molar-refractivity contribution is 0.00578. The number of halogens is 3. The lowest BCUT2D eigenvalue weighted by atomic mass is 9.74. The smallest absolute Gasteiger partial charge is 0.399 e. The molecule has 4 nitrogen and oxygen atoms in total. The van der Waals surface area contributed by atoms with Gasteiger partial charge >= 0.3 is 7.12 Å². The average Bonchev–Trinajstić information content (AvgIpc) is 1.55. The molecule has 0 saturated carbocycles. The second-order valence-electron chi connectivity index (χ2n) is 38.1. The van der Waals surface area contributed by atoms with Crippen LogP contribution < -0.4 is 15.7 Å². The minimum atomic E-state index is -0.324. The first-order valence-electron chi connectivity index (χ1n) is 44.8. The first-order chi connectivity index (χ1) is 62.1. The van der Waals surface area contributed by atoms with Gasteiger partial charge in [0.1, 0.15) is 0 Å². The normalized spacial score (nSPS) is 14.7. The maximum atomic E-state index is 6.32. The zero-order valence-corrected chi connectivity index (χ0v) is 80.0. The molecule has 0 aromatic heterocycles. The lowest BCUT2D eigenvalue weighted by Gasteiger charge is -2.32. The van der Waals surface area contributed by atoms with Gasteiger partial charge in [-0.15, -0.1) is 0 Å². The molecule has 0 unspecified atom stereocenters. The van der Waals surface area contributed by atoms with Crippen molar-refractivity contribution in [1.82, 2.24) is 0 Å². The van der Waals surface area contributed by atoms with Crippen LogP contribution in [-0.2, 0) is 25.6 Å². The molecule has 0 amide bonds. The Hall–Kier alpha value is -12.2. The summed E-state index contributed by atoms with van der Waals surface area (Å²) in [6.45, 7) is 26.8. The number of hydrogen-bond donors (Lipinski definition) is 1. The van der Waals surface area contributed by atoms with Crippen LogP contribution in [0.5, 0.6) is 0 Å². The fourth-order valence-corrected chi connectivity index (χ4v) is 21.6. The predicted octanol–water partition coefficient (Wildman–Crippen LogP) is 34.6. The first-order valence-corrected chi connectivity index (χ1v) is 47.5. The molecule has 1 aliphatic heterocycles. The van der Waals surface area contributed by atoms with Gasteiger partial charge in [-0.3, -0.25) is 0 Å². The van der Waals surface area contributed by atoms with Crippen molar-refractivity contribution in [3.63, 3.8) is 0 Å². The third-order valence-corrected chi connectivity index (χ3v) is 29.8. The Kier molecular flexibility index (Phi) is 21.0. The van der Waals surface area contributed by atoms with Crippen molar-refractivity contribution in [1.29, 1.82) is 0 Å². The van der Waals surface area contributed by atoms with E-state index >= 15 is 0 Å². The van der Waals surface area contributed by atoms with Crippen LogP contribution in [0.4, 0.5) is 28.4 Å². The minimum Gasteiger partial charge on any atom is -0.399 e. The molecular weight excluding hydrogens is 1810 g/mol. The second-order valence-corrected chi connectivity index (χ2v) is 41.2. The summed E-state index contributed by atoms with van der Waals surface area (Å²) in [5.41, 5.74) is 22.4. The van der Waals surface area contributed by atoms with Gasteiger partial charge in [0.15, 0.2) is 0 Å². The zero-order valence-electron chi connectivity index (χ0n) is 74.7. The van der Waals surface area contributed by atoms with Crippen LogP contribution in [0.15, 0.2) is 379 Å². The highest BCUT2D eigenvalue weighted by Gasteiger charge is 2.52. The van der Waals surface area contributed by atoms with Gasteiger partial charge in [0, 0.05) is 57.2 Å². The van der Waals surface area contributed by atoms with Crippen LogP contribution in [-0.4, -0.2) is 18.3 Å². The molecule has 129 heavy (non-hydrogen) atoms. The van der Waals surface area contributed by atoms with Crippen LogP contribution in [0.25, 0.3) is 141 Å². The number of aryl methyl sites for hydroxylation is 2. The number of hydrogen-bond acceptors (Lipinski definition) is 4. The van der Waals surface area contributed by atoms with Gasteiger partial charge in [0.25, 0.3) is 0 Å². The van der Waals surface area contributed by atoms with Gasteiger partial charge in [-0.1, -0.05) is 321 Å². The Labute approximate surface area is 786 Å². The van der Waals surface area contributed by atoms with Crippen molar-refractivity contribution < 1.29 is 9.31 Å². The van der Waals surface area contributed by atoms with Crippen molar-refractivity contribution in [3.05, 3.63) is 427 Å². The molecule has 1 fully saturated rings. The molecule has 8 heteroatoms. The zero-order chi connectivity index (χ0) is 88.7. The molecular formula is C121H98BBr2IN2O2. The summed E-state index contributed by atoms with van der Waals surface area (Å²) < 4.78 is 16.2.